The summed E-state index contributed by atoms with van der Waals surface area (Å²) in [6.07, 6.45) is -0.995. The monoisotopic (exact) mass is 101 g/mol. The third-order valence-electron chi connectivity index (χ3n) is 0.893. The summed E-state index contributed by atoms with van der Waals surface area (Å²) >= 11 is 0. The molecule has 0 aliphatic rings. The first-order chi connectivity index (χ1) is 3.18. The number of hydrogen-bond donors (Lipinski definition) is 0. The van der Waals surface area contributed by atoms with E-state index in [9.17, 15) is 4.39 Å². The van der Waals surface area contributed by atoms with Gasteiger partial charge in [0.05, 0.1) is 12.0 Å². The lowest BCUT2D eigenvalue weighted by atomic mass is 10.1. The van der Waals surface area contributed by atoms with E-state index < -0.39 is 12.1 Å². The molecule has 0 saturated heterocycles. The fraction of sp³-hybridized carbons (Fsp3) is 0.800. The molecule has 0 aromatic heterocycles. The fourth-order valence-corrected chi connectivity index (χ4v) is 0.103. The van der Waals surface area contributed by atoms with Gasteiger partial charge in [0.2, 0.25) is 0 Å². The van der Waals surface area contributed by atoms with Crippen LogP contribution in [0.25, 0.3) is 0 Å². The minimum atomic E-state index is -0.995. The van der Waals surface area contributed by atoms with Gasteiger partial charge in [0.15, 0.2) is 0 Å². The van der Waals surface area contributed by atoms with Crippen molar-refractivity contribution < 1.29 is 4.39 Å². The third-order valence-corrected chi connectivity index (χ3v) is 0.893. The molecule has 0 rings (SSSR count). The van der Waals surface area contributed by atoms with Crippen LogP contribution in [0.4, 0.5) is 4.39 Å². The zero-order valence-corrected chi connectivity index (χ0v) is 4.48. The van der Waals surface area contributed by atoms with Gasteiger partial charge in [-0.25, -0.2) is 4.39 Å². The molecule has 7 heavy (non-hydrogen) atoms. The van der Waals surface area contributed by atoms with Gasteiger partial charge in [-0.2, -0.15) is 5.26 Å². The Labute approximate surface area is 42.8 Å². The smallest absolute Gasteiger partial charge is 0.113 e. The highest BCUT2D eigenvalue weighted by Gasteiger charge is 2.06. The van der Waals surface area contributed by atoms with Crippen molar-refractivity contribution in [3.05, 3.63) is 0 Å². The van der Waals surface area contributed by atoms with Gasteiger partial charge in [-0.3, -0.25) is 0 Å². The Bertz CT molecular complexity index is 82.6. The second-order valence-electron chi connectivity index (χ2n) is 1.60. The zero-order chi connectivity index (χ0) is 5.86. The molecule has 0 bridgehead atoms. The Morgan fingerprint density at radius 1 is 1.57 bits per heavy atom. The molecule has 0 aromatic carbocycles. The summed E-state index contributed by atoms with van der Waals surface area (Å²) in [7, 11) is 0. The van der Waals surface area contributed by atoms with Crippen LogP contribution in [0.5, 0.6) is 0 Å². The van der Waals surface area contributed by atoms with E-state index >= 15 is 0 Å². The zero-order valence-electron chi connectivity index (χ0n) is 4.48. The van der Waals surface area contributed by atoms with Crippen molar-refractivity contribution in [3.8, 4) is 6.07 Å². The molecule has 2 atom stereocenters. The first-order valence-electron chi connectivity index (χ1n) is 2.22. The van der Waals surface area contributed by atoms with Crippen molar-refractivity contribution in [1.29, 1.82) is 5.26 Å². The normalized spacial score (nSPS) is 17.4. The predicted octanol–water partition coefficient (Wildman–Crippen LogP) is 1.50. The minimum absolute atomic E-state index is 0.458. The number of halogens is 1. The summed E-state index contributed by atoms with van der Waals surface area (Å²) < 4.78 is 11.9. The minimum Gasteiger partial charge on any atom is -0.246 e. The molecule has 0 N–H and O–H groups in total. The molecule has 0 spiro atoms. The number of nitrogens with zero attached hydrogens (tertiary/aromatic N) is 1. The Kier molecular flexibility index (Phi) is 2.36. The molecule has 0 aliphatic carbocycles. The van der Waals surface area contributed by atoms with Crippen molar-refractivity contribution in [3.63, 3.8) is 0 Å². The highest BCUT2D eigenvalue weighted by atomic mass is 19.1. The lowest BCUT2D eigenvalue weighted by molar-refractivity contribution is 0.305. The van der Waals surface area contributed by atoms with Crippen LogP contribution in [0.3, 0.4) is 0 Å². The number of alkyl halides is 1. The molecular weight excluding hydrogens is 93.1 g/mol. The van der Waals surface area contributed by atoms with Crippen LogP contribution in [0, 0.1) is 17.2 Å². The van der Waals surface area contributed by atoms with Gasteiger partial charge in [0, 0.05) is 0 Å². The molecule has 0 amide bonds. The summed E-state index contributed by atoms with van der Waals surface area (Å²) in [5, 5.41) is 8.02. The largest absolute Gasteiger partial charge is 0.246 e. The van der Waals surface area contributed by atoms with Gasteiger partial charge in [0.25, 0.3) is 0 Å². The van der Waals surface area contributed by atoms with Crippen molar-refractivity contribution in [1.82, 2.24) is 0 Å². The summed E-state index contributed by atoms with van der Waals surface area (Å²) in [5.41, 5.74) is 0. The highest BCUT2D eigenvalue weighted by molar-refractivity contribution is 4.82. The molecule has 0 heterocycles. The average Bonchev–Trinajstić information content (AvgIpc) is 1.65. The molecule has 2 heteroatoms. The third kappa shape index (κ3) is 2.16. The molecule has 1 unspecified atom stereocenters. The molecule has 0 saturated carbocycles. The molecule has 1 nitrogen and oxygen atoms in total. The van der Waals surface area contributed by atoms with E-state index in [-0.39, 0.29) is 0 Å². The molecule has 0 aromatic rings. The van der Waals surface area contributed by atoms with E-state index in [1.807, 2.05) is 0 Å². The van der Waals surface area contributed by atoms with E-state index in [4.69, 9.17) is 5.26 Å². The topological polar surface area (TPSA) is 23.8 Å². The van der Waals surface area contributed by atoms with Gasteiger partial charge in [-0.1, -0.05) is 0 Å². The highest BCUT2D eigenvalue weighted by Crippen LogP contribution is 2.02. The van der Waals surface area contributed by atoms with Crippen molar-refractivity contribution >= 4 is 0 Å². The molecule has 0 aliphatic heterocycles. The quantitative estimate of drug-likeness (QED) is 0.491. The van der Waals surface area contributed by atoms with E-state index in [1.54, 1.807) is 13.0 Å². The van der Waals surface area contributed by atoms with Crippen molar-refractivity contribution in [2.24, 2.45) is 5.92 Å². The maximum absolute atomic E-state index is 11.9. The summed E-state index contributed by atoms with van der Waals surface area (Å²) in [6.45, 7) is 2.94. The first kappa shape index (κ1) is 6.42. The van der Waals surface area contributed by atoms with Crippen LogP contribution < -0.4 is 0 Å². The van der Waals surface area contributed by atoms with Crippen LogP contribution in [-0.4, -0.2) is 6.17 Å². The predicted molar refractivity (Wildman–Crippen MR) is 25.3 cm³/mol. The molecule has 0 fully saturated rings. The summed E-state index contributed by atoms with van der Waals surface area (Å²) in [5.74, 6) is -0.458. The lowest BCUT2D eigenvalue weighted by Gasteiger charge is -1.98. The number of hydrogen-bond acceptors (Lipinski definition) is 1. The van der Waals surface area contributed by atoms with Crippen LogP contribution in [0.15, 0.2) is 0 Å². The molecule has 0 radical (unpaired) electrons. The average molecular weight is 101 g/mol. The maximum Gasteiger partial charge on any atom is 0.113 e. The fourth-order valence-electron chi connectivity index (χ4n) is 0.103. The molecular formula is C5H8FN. The van der Waals surface area contributed by atoms with Crippen LogP contribution in [-0.2, 0) is 0 Å². The Morgan fingerprint density at radius 2 is 2.00 bits per heavy atom. The van der Waals surface area contributed by atoms with Gasteiger partial charge in [-0.15, -0.1) is 0 Å². The lowest BCUT2D eigenvalue weighted by Crippen LogP contribution is -2.03. The number of rotatable bonds is 1. The van der Waals surface area contributed by atoms with Crippen LogP contribution in [0.1, 0.15) is 13.8 Å². The second kappa shape index (κ2) is 2.57. The van der Waals surface area contributed by atoms with Gasteiger partial charge < -0.3 is 0 Å². The Balaban J connectivity index is 3.40. The number of nitriles is 1. The Morgan fingerprint density at radius 3 is 2.00 bits per heavy atom. The Hall–Kier alpha value is -0.580. The van der Waals surface area contributed by atoms with E-state index in [0.717, 1.165) is 0 Å². The van der Waals surface area contributed by atoms with Gasteiger partial charge >= 0.3 is 0 Å². The van der Waals surface area contributed by atoms with Crippen LogP contribution in [0.2, 0.25) is 0 Å². The SMILES string of the molecule is CC(F)[C@H](C)C#N. The van der Waals surface area contributed by atoms with Crippen molar-refractivity contribution in [2.75, 3.05) is 0 Å². The van der Waals surface area contributed by atoms with Gasteiger partial charge in [0.1, 0.15) is 6.17 Å². The van der Waals surface area contributed by atoms with E-state index in [2.05, 4.69) is 0 Å². The van der Waals surface area contributed by atoms with E-state index in [1.165, 1.54) is 6.92 Å². The summed E-state index contributed by atoms with van der Waals surface area (Å²) in [6, 6.07) is 1.79. The first-order valence-corrected chi connectivity index (χ1v) is 2.22. The van der Waals surface area contributed by atoms with Crippen LogP contribution >= 0.6 is 0 Å². The van der Waals surface area contributed by atoms with Crippen molar-refractivity contribution in [2.45, 2.75) is 20.0 Å². The summed E-state index contributed by atoms with van der Waals surface area (Å²) in [4.78, 5) is 0. The van der Waals surface area contributed by atoms with Gasteiger partial charge in [-0.05, 0) is 13.8 Å². The standard InChI is InChI=1S/C5H8FN/c1-4(3-7)5(2)6/h4-5H,1-2H3/t4-,5?/m1/s1. The van der Waals surface area contributed by atoms with E-state index in [0.29, 0.717) is 0 Å². The molecule has 40 valence electrons. The maximum atomic E-state index is 11.9. The second-order valence-corrected chi connectivity index (χ2v) is 1.60.